The van der Waals surface area contributed by atoms with E-state index in [4.69, 9.17) is 30.2 Å². The number of carbonyl (C=O) groups is 4. The molecule has 0 radical (unpaired) electrons. The highest BCUT2D eigenvalue weighted by Crippen LogP contribution is 2.41. The molecule has 0 unspecified atom stereocenters. The number of thiophene rings is 2. The number of hydrogen-bond acceptors (Lipinski definition) is 11. The number of anilines is 2. The van der Waals surface area contributed by atoms with Gasteiger partial charge in [0.05, 0.1) is 36.8 Å². The van der Waals surface area contributed by atoms with E-state index in [2.05, 4.69) is 5.32 Å². The molecule has 2 aromatic heterocycles. The maximum atomic E-state index is 15.7. The number of carboxylic acids is 2. The second-order valence-electron chi connectivity index (χ2n) is 10.9. The van der Waals surface area contributed by atoms with Crippen molar-refractivity contribution in [2.24, 2.45) is 0 Å². The molecule has 256 valence electrons. The fourth-order valence-corrected chi connectivity index (χ4v) is 7.22. The fourth-order valence-electron chi connectivity index (χ4n) is 5.11. The Hall–Kier alpha value is -5.28. The van der Waals surface area contributed by atoms with E-state index >= 15 is 8.78 Å². The van der Waals surface area contributed by atoms with E-state index in [0.717, 1.165) is 22.7 Å². The number of rotatable bonds is 16. The molecule has 15 heteroatoms. The SMILES string of the molecule is COc1cc2sc(C(=O)CCC(=O)O)cc2c(F)c1NCc1cc(N)cc(COc2c(OC)cc3sc(C(=O)CCC(=O)O)cc3c2F)c1. The van der Waals surface area contributed by atoms with Crippen molar-refractivity contribution >= 4 is 77.7 Å². The number of nitrogens with two attached hydrogens (primary N) is 1. The van der Waals surface area contributed by atoms with Gasteiger partial charge < -0.3 is 35.5 Å². The summed E-state index contributed by atoms with van der Waals surface area (Å²) in [5.74, 6) is -4.29. The number of methoxy groups -OCH3 is 2. The molecule has 0 aliphatic carbocycles. The minimum atomic E-state index is -1.11. The minimum Gasteiger partial charge on any atom is -0.494 e. The molecule has 5 rings (SSSR count). The Labute approximate surface area is 285 Å². The molecule has 5 N–H and O–H groups in total. The van der Waals surface area contributed by atoms with Gasteiger partial charge in [-0.1, -0.05) is 6.07 Å². The Morgan fingerprint density at radius 1 is 0.735 bits per heavy atom. The molecular formula is C34H30F2N2O9S2. The highest BCUT2D eigenvalue weighted by molar-refractivity contribution is 7.21. The maximum absolute atomic E-state index is 15.7. The first-order chi connectivity index (χ1) is 23.4. The average molecular weight is 713 g/mol. The zero-order valence-corrected chi connectivity index (χ0v) is 27.8. The molecule has 2 heterocycles. The molecule has 0 saturated heterocycles. The standard InChI is InChI=1S/C34H30F2N2O9S2/c1-45-23-12-25-19(10-27(48-25)21(39)3-5-29(41)42)31(35)33(23)38-14-16-7-17(9-18(37)8-16)15-47-34-24(46-2)13-26-20(32(34)36)11-28(49-26)22(40)4-6-30(43)44/h7-13,38H,3-6,14-15,37H2,1-2H3,(H,41,42)(H,43,44). The van der Waals surface area contributed by atoms with Crippen molar-refractivity contribution in [3.05, 3.63) is 75.0 Å². The van der Waals surface area contributed by atoms with Crippen molar-refractivity contribution < 1.29 is 52.4 Å². The van der Waals surface area contributed by atoms with E-state index in [9.17, 15) is 19.2 Å². The van der Waals surface area contributed by atoms with E-state index in [-0.39, 0.29) is 82.3 Å². The fraction of sp³-hybridized carbons (Fsp3) is 0.235. The van der Waals surface area contributed by atoms with E-state index < -0.39 is 35.1 Å². The minimum absolute atomic E-state index is 0.0502. The molecular weight excluding hydrogens is 683 g/mol. The number of fused-ring (bicyclic) bond motifs is 2. The van der Waals surface area contributed by atoms with Crippen LogP contribution >= 0.6 is 22.7 Å². The zero-order valence-electron chi connectivity index (χ0n) is 26.2. The average Bonchev–Trinajstić information content (AvgIpc) is 3.70. The Kier molecular flexibility index (Phi) is 10.6. The maximum Gasteiger partial charge on any atom is 0.303 e. The van der Waals surface area contributed by atoms with Crippen LogP contribution in [0.25, 0.3) is 20.2 Å². The second kappa shape index (κ2) is 14.9. The molecule has 0 fully saturated rings. The number of hydrogen-bond donors (Lipinski definition) is 4. The van der Waals surface area contributed by atoms with Gasteiger partial charge in [-0.25, -0.2) is 8.78 Å². The van der Waals surface area contributed by atoms with Crippen LogP contribution in [-0.2, 0) is 22.7 Å². The van der Waals surface area contributed by atoms with Gasteiger partial charge in [0, 0.05) is 57.4 Å². The van der Waals surface area contributed by atoms with Crippen LogP contribution < -0.4 is 25.3 Å². The van der Waals surface area contributed by atoms with E-state index in [1.54, 1.807) is 30.3 Å². The third kappa shape index (κ3) is 7.90. The lowest BCUT2D eigenvalue weighted by molar-refractivity contribution is -0.137. The molecule has 5 aromatic rings. The lowest BCUT2D eigenvalue weighted by Gasteiger charge is -2.15. The largest absolute Gasteiger partial charge is 0.494 e. The number of aliphatic carboxylic acids is 2. The zero-order chi connectivity index (χ0) is 35.4. The van der Waals surface area contributed by atoms with Gasteiger partial charge >= 0.3 is 11.9 Å². The first-order valence-corrected chi connectivity index (χ1v) is 16.4. The van der Waals surface area contributed by atoms with Crippen LogP contribution in [0.1, 0.15) is 56.2 Å². The van der Waals surface area contributed by atoms with Gasteiger partial charge in [0.15, 0.2) is 34.7 Å². The summed E-state index contributed by atoms with van der Waals surface area (Å²) in [6.07, 6.45) is -1.08. The monoisotopic (exact) mass is 712 g/mol. The topological polar surface area (TPSA) is 174 Å². The second-order valence-corrected chi connectivity index (χ2v) is 13.1. The van der Waals surface area contributed by atoms with Crippen molar-refractivity contribution in [1.82, 2.24) is 0 Å². The smallest absolute Gasteiger partial charge is 0.303 e. The van der Waals surface area contributed by atoms with Crippen LogP contribution in [0.2, 0.25) is 0 Å². The first-order valence-electron chi connectivity index (χ1n) is 14.7. The summed E-state index contributed by atoms with van der Waals surface area (Å²) in [7, 11) is 2.73. The van der Waals surface area contributed by atoms with Gasteiger partial charge in [-0.15, -0.1) is 22.7 Å². The number of nitrogen functional groups attached to an aromatic ring is 1. The number of carbonyl (C=O) groups excluding carboxylic acids is 2. The van der Waals surface area contributed by atoms with Crippen LogP contribution in [0.15, 0.2) is 42.5 Å². The van der Waals surface area contributed by atoms with Gasteiger partial charge in [-0.2, -0.15) is 0 Å². The lowest BCUT2D eigenvalue weighted by Crippen LogP contribution is -2.06. The summed E-state index contributed by atoms with van der Waals surface area (Å²) in [5, 5.41) is 21.1. The molecule has 0 aliphatic rings. The van der Waals surface area contributed by atoms with E-state index in [0.29, 0.717) is 26.2 Å². The van der Waals surface area contributed by atoms with Gasteiger partial charge in [-0.3, -0.25) is 19.2 Å². The molecule has 0 bridgehead atoms. The van der Waals surface area contributed by atoms with Crippen LogP contribution in [0, 0.1) is 11.6 Å². The number of nitrogens with one attached hydrogen (secondary N) is 1. The normalized spacial score (nSPS) is 11.1. The number of halogens is 2. The number of benzene rings is 3. The Bertz CT molecular complexity index is 1960. The third-order valence-corrected chi connectivity index (χ3v) is 9.70. The quantitative estimate of drug-likeness (QED) is 0.0598. The van der Waals surface area contributed by atoms with Crippen LogP contribution in [0.5, 0.6) is 17.2 Å². The Morgan fingerprint density at radius 2 is 1.27 bits per heavy atom. The first kappa shape index (κ1) is 35.0. The summed E-state index contributed by atoms with van der Waals surface area (Å²) >= 11 is 2.08. The van der Waals surface area contributed by atoms with Crippen molar-refractivity contribution in [2.75, 3.05) is 25.3 Å². The molecule has 0 spiro atoms. The molecule has 49 heavy (non-hydrogen) atoms. The number of Topliss-reactive ketones (excluding diaryl/α,β-unsaturated/α-hetero) is 2. The number of ether oxygens (including phenoxy) is 3. The molecule has 3 aromatic carbocycles. The number of ketones is 2. The van der Waals surface area contributed by atoms with E-state index in [1.807, 2.05) is 0 Å². The predicted octanol–water partition coefficient (Wildman–Crippen LogP) is 7.28. The van der Waals surface area contributed by atoms with Crippen LogP contribution in [-0.4, -0.2) is 47.9 Å². The van der Waals surface area contributed by atoms with Gasteiger partial charge in [0.25, 0.3) is 0 Å². The van der Waals surface area contributed by atoms with Gasteiger partial charge in [-0.05, 0) is 35.4 Å². The Balaban J connectivity index is 1.34. The lowest BCUT2D eigenvalue weighted by atomic mass is 10.1. The number of carboxylic acid groups (broad SMARTS) is 2. The molecule has 0 aliphatic heterocycles. The highest BCUT2D eigenvalue weighted by atomic mass is 32.1. The van der Waals surface area contributed by atoms with E-state index in [1.165, 1.54) is 26.4 Å². The predicted molar refractivity (Wildman–Crippen MR) is 182 cm³/mol. The molecule has 0 atom stereocenters. The van der Waals surface area contributed by atoms with Gasteiger partial charge in [0.2, 0.25) is 0 Å². The van der Waals surface area contributed by atoms with Crippen LogP contribution in [0.4, 0.5) is 20.2 Å². The third-order valence-electron chi connectivity index (χ3n) is 7.46. The van der Waals surface area contributed by atoms with Gasteiger partial charge in [0.1, 0.15) is 18.0 Å². The van der Waals surface area contributed by atoms with Crippen molar-refractivity contribution in [3.8, 4) is 17.2 Å². The molecule has 11 nitrogen and oxygen atoms in total. The van der Waals surface area contributed by atoms with Crippen molar-refractivity contribution in [1.29, 1.82) is 0 Å². The summed E-state index contributed by atoms with van der Waals surface area (Å²) in [6, 6.07) is 11.0. The summed E-state index contributed by atoms with van der Waals surface area (Å²) < 4.78 is 49.0. The van der Waals surface area contributed by atoms with Crippen molar-refractivity contribution in [2.45, 2.75) is 38.8 Å². The van der Waals surface area contributed by atoms with Crippen LogP contribution in [0.3, 0.4) is 0 Å². The summed E-state index contributed by atoms with van der Waals surface area (Å²) in [6.45, 7) is -0.0226. The molecule has 0 saturated carbocycles. The highest BCUT2D eigenvalue weighted by Gasteiger charge is 2.22. The van der Waals surface area contributed by atoms with Crippen molar-refractivity contribution in [3.63, 3.8) is 0 Å². The summed E-state index contributed by atoms with van der Waals surface area (Å²) in [4.78, 5) is 47.1. The molecule has 0 amide bonds. The Morgan fingerprint density at radius 3 is 1.82 bits per heavy atom. The summed E-state index contributed by atoms with van der Waals surface area (Å²) in [5.41, 5.74) is 7.78.